The van der Waals surface area contributed by atoms with Gasteiger partial charge in [0.25, 0.3) is 0 Å². The van der Waals surface area contributed by atoms with Gasteiger partial charge < -0.3 is 24.0 Å². The Morgan fingerprint density at radius 1 is 1.21 bits per heavy atom. The number of nitrogens with zero attached hydrogens (tertiary/aromatic N) is 1. The molecule has 2 aliphatic rings. The van der Waals surface area contributed by atoms with Crippen LogP contribution in [0.2, 0.25) is 0 Å². The third kappa shape index (κ3) is 2.43. The van der Waals surface area contributed by atoms with Crippen molar-refractivity contribution in [3.8, 4) is 22.6 Å². The van der Waals surface area contributed by atoms with E-state index in [1.165, 1.54) is 11.6 Å². The fourth-order valence-electron chi connectivity index (χ4n) is 3.85. The number of phosphoric ester groups is 1. The van der Waals surface area contributed by atoms with Crippen molar-refractivity contribution in [2.75, 3.05) is 13.6 Å². The van der Waals surface area contributed by atoms with Crippen LogP contribution in [0.5, 0.6) is 11.5 Å². The minimum absolute atomic E-state index is 0.175. The van der Waals surface area contributed by atoms with Crippen molar-refractivity contribution in [1.29, 1.82) is 0 Å². The van der Waals surface area contributed by atoms with E-state index in [1.54, 1.807) is 6.07 Å². The third-order valence-corrected chi connectivity index (χ3v) is 5.30. The molecule has 0 N–H and O–H groups in total. The second-order valence-corrected chi connectivity index (χ2v) is 7.37. The lowest BCUT2D eigenvalue weighted by molar-refractivity contribution is -0.335. The van der Waals surface area contributed by atoms with Crippen LogP contribution in [0, 0.1) is 0 Å². The maximum atomic E-state index is 12.2. The van der Waals surface area contributed by atoms with Crippen molar-refractivity contribution in [3.05, 3.63) is 47.0 Å². The highest BCUT2D eigenvalue weighted by Crippen LogP contribution is 2.51. The fourth-order valence-corrected chi connectivity index (χ4v) is 4.26. The van der Waals surface area contributed by atoms with E-state index < -0.39 is 13.6 Å². The number of fused-ring (bicyclic) bond motifs is 2. The lowest BCUT2D eigenvalue weighted by Crippen LogP contribution is -2.35. The summed E-state index contributed by atoms with van der Waals surface area (Å²) in [4.78, 5) is 24.5. The summed E-state index contributed by atoms with van der Waals surface area (Å²) in [6.45, 7) is 0.940. The highest BCUT2D eigenvalue weighted by molar-refractivity contribution is 7.43. The van der Waals surface area contributed by atoms with E-state index in [1.807, 2.05) is 12.1 Å². The fraction of sp³-hybridized carbons (Fsp3) is 0.294. The summed E-state index contributed by atoms with van der Waals surface area (Å²) >= 11 is 0. The Labute approximate surface area is 139 Å². The predicted octanol–water partition coefficient (Wildman–Crippen LogP) is 0.720. The number of phosphoric acid groups is 1. The number of hydrogen-bond donors (Lipinski definition) is 0. The van der Waals surface area contributed by atoms with E-state index in [-0.39, 0.29) is 11.8 Å². The molecule has 1 aliphatic heterocycles. The number of benzene rings is 2. The van der Waals surface area contributed by atoms with Crippen molar-refractivity contribution in [2.45, 2.75) is 18.9 Å². The second kappa shape index (κ2) is 5.33. The van der Waals surface area contributed by atoms with Crippen molar-refractivity contribution in [1.82, 2.24) is 4.90 Å². The Morgan fingerprint density at radius 3 is 2.75 bits per heavy atom. The van der Waals surface area contributed by atoms with Gasteiger partial charge in [-0.2, -0.15) is 0 Å². The van der Waals surface area contributed by atoms with Gasteiger partial charge >= 0.3 is 0 Å². The zero-order valence-corrected chi connectivity index (χ0v) is 13.9. The SMILES string of the molecule is CN1CCc2cccc3c2C1Cc1ccc([O-])c(OP(=O)([O-])[O-])c1-3. The molecule has 0 radical (unpaired) electrons. The van der Waals surface area contributed by atoms with Crippen molar-refractivity contribution < 1.29 is 24.0 Å². The van der Waals surface area contributed by atoms with Gasteiger partial charge in [0.1, 0.15) is 13.6 Å². The number of hydrogen-bond acceptors (Lipinski definition) is 6. The van der Waals surface area contributed by atoms with E-state index in [0.29, 0.717) is 12.0 Å². The van der Waals surface area contributed by atoms with Gasteiger partial charge in [0.05, 0.1) is 0 Å². The summed E-state index contributed by atoms with van der Waals surface area (Å²) in [5.74, 6) is -0.971. The van der Waals surface area contributed by atoms with Crippen LogP contribution in [0.15, 0.2) is 30.3 Å². The summed E-state index contributed by atoms with van der Waals surface area (Å²) in [7, 11) is -3.26. The topological polar surface area (TPSA) is 98.7 Å². The van der Waals surface area contributed by atoms with Crippen LogP contribution in [-0.2, 0) is 17.4 Å². The van der Waals surface area contributed by atoms with Gasteiger partial charge in [-0.15, -0.1) is 0 Å². The van der Waals surface area contributed by atoms with Crippen LogP contribution < -0.4 is 19.4 Å². The smallest absolute Gasteiger partial charge is 0.124 e. The molecule has 0 amide bonds. The molecule has 1 aliphatic carbocycles. The number of likely N-dealkylation sites (N-methyl/N-ethyl adjacent to an activating group) is 1. The monoisotopic (exact) mass is 344 g/mol. The molecule has 0 saturated heterocycles. The van der Waals surface area contributed by atoms with E-state index in [9.17, 15) is 19.5 Å². The quantitative estimate of drug-likeness (QED) is 0.745. The molecule has 7 heteroatoms. The molecule has 0 aromatic heterocycles. The predicted molar refractivity (Wildman–Crippen MR) is 82.3 cm³/mol. The first-order chi connectivity index (χ1) is 11.3. The Bertz CT molecular complexity index is 876. The number of rotatable bonds is 2. The van der Waals surface area contributed by atoms with Crippen molar-refractivity contribution in [3.63, 3.8) is 0 Å². The van der Waals surface area contributed by atoms with Crippen LogP contribution in [-0.4, -0.2) is 18.5 Å². The van der Waals surface area contributed by atoms with Gasteiger partial charge in [0.2, 0.25) is 0 Å². The molecule has 6 nitrogen and oxygen atoms in total. The molecule has 0 saturated carbocycles. The minimum atomic E-state index is -5.32. The average Bonchev–Trinajstić information content (AvgIpc) is 2.52. The third-order valence-electron chi connectivity index (χ3n) is 4.89. The van der Waals surface area contributed by atoms with Gasteiger partial charge in [-0.3, -0.25) is 4.90 Å². The standard InChI is InChI=1S/C17H18NO5P/c1-18-8-7-10-3-2-4-12-15(10)13(18)9-11-5-6-14(19)17(16(11)12)23-24(20,21)22/h2-6,13,19H,7-9H2,1H3,(H2,20,21,22)/p-3. The molecule has 1 unspecified atom stereocenters. The average molecular weight is 344 g/mol. The first-order valence-corrected chi connectivity index (χ1v) is 9.18. The van der Waals surface area contributed by atoms with E-state index >= 15 is 0 Å². The van der Waals surface area contributed by atoms with Crippen LogP contribution in [0.1, 0.15) is 22.7 Å². The first-order valence-electron chi connectivity index (χ1n) is 7.72. The summed E-state index contributed by atoms with van der Waals surface area (Å²) in [5, 5.41) is 12.2. The second-order valence-electron chi connectivity index (χ2n) is 6.29. The molecule has 0 bridgehead atoms. The maximum absolute atomic E-state index is 12.2. The lowest BCUT2D eigenvalue weighted by Gasteiger charge is -2.41. The van der Waals surface area contributed by atoms with Crippen molar-refractivity contribution >= 4 is 7.82 Å². The normalized spacial score (nSPS) is 19.5. The Morgan fingerprint density at radius 2 is 2.00 bits per heavy atom. The molecular weight excluding hydrogens is 329 g/mol. The Hall–Kier alpha value is -1.85. The van der Waals surface area contributed by atoms with Gasteiger partial charge in [-0.1, -0.05) is 36.1 Å². The summed E-state index contributed by atoms with van der Waals surface area (Å²) in [5.41, 5.74) is 4.34. The van der Waals surface area contributed by atoms with Crippen molar-refractivity contribution in [2.24, 2.45) is 0 Å². The van der Waals surface area contributed by atoms with Gasteiger partial charge in [-0.05, 0) is 42.1 Å². The minimum Gasteiger partial charge on any atom is -0.870 e. The Kier molecular flexibility index (Phi) is 3.48. The maximum Gasteiger partial charge on any atom is 0.124 e. The zero-order valence-electron chi connectivity index (χ0n) is 13.0. The molecule has 4 rings (SSSR count). The molecule has 1 heterocycles. The molecule has 126 valence electrons. The van der Waals surface area contributed by atoms with Crippen LogP contribution in [0.3, 0.4) is 0 Å². The van der Waals surface area contributed by atoms with Crippen LogP contribution in [0.25, 0.3) is 11.1 Å². The highest BCUT2D eigenvalue weighted by Gasteiger charge is 2.33. The molecule has 2 aromatic rings. The lowest BCUT2D eigenvalue weighted by atomic mass is 9.77. The molecule has 0 fully saturated rings. The van der Waals surface area contributed by atoms with Crippen LogP contribution in [0.4, 0.5) is 0 Å². The molecule has 1 atom stereocenters. The summed E-state index contributed by atoms with van der Waals surface area (Å²) < 4.78 is 15.7. The van der Waals surface area contributed by atoms with Gasteiger partial charge in [0.15, 0.2) is 0 Å². The van der Waals surface area contributed by atoms with Gasteiger partial charge in [0, 0.05) is 18.2 Å². The van der Waals surface area contributed by atoms with E-state index in [4.69, 9.17) is 0 Å². The van der Waals surface area contributed by atoms with Gasteiger partial charge in [-0.25, -0.2) is 0 Å². The van der Waals surface area contributed by atoms with E-state index in [0.717, 1.165) is 29.7 Å². The zero-order chi connectivity index (χ0) is 17.1. The molecular formula is C17H15NO5P-3. The van der Waals surface area contributed by atoms with Crippen LogP contribution >= 0.6 is 7.82 Å². The molecule has 24 heavy (non-hydrogen) atoms. The Balaban J connectivity index is 1.99. The molecule has 2 aromatic carbocycles. The highest BCUT2D eigenvalue weighted by atomic mass is 31.2. The largest absolute Gasteiger partial charge is 0.870 e. The van der Waals surface area contributed by atoms with E-state index in [2.05, 4.69) is 22.5 Å². The summed E-state index contributed by atoms with van der Waals surface area (Å²) in [6, 6.07) is 8.94. The first kappa shape index (κ1) is 15.7. The molecule has 0 spiro atoms. The summed E-state index contributed by atoms with van der Waals surface area (Å²) in [6.07, 6.45) is 1.54.